The quantitative estimate of drug-likeness (QED) is 0.708. The van der Waals surface area contributed by atoms with Crippen molar-refractivity contribution in [2.24, 2.45) is 0 Å². The van der Waals surface area contributed by atoms with E-state index in [4.69, 9.17) is 10.3 Å². The number of nitrogens with zero attached hydrogens (tertiary/aromatic N) is 1. The highest BCUT2D eigenvalue weighted by Crippen LogP contribution is 2.23. The van der Waals surface area contributed by atoms with Gasteiger partial charge in [-0.2, -0.15) is 0 Å². The molecular weight excluding hydrogens is 164 g/mol. The molecule has 0 aliphatic rings. The van der Waals surface area contributed by atoms with Crippen LogP contribution in [0.2, 0.25) is 0 Å². The standard InChI is InChI=1S/C10H14N2O/c1-4-6-8(5-2)10-9(11)7(3)13-12-10/h4-6H,11H2,1-3H3/b6-4-,8-5+. The maximum Gasteiger partial charge on any atom is 0.157 e. The van der Waals surface area contributed by atoms with Crippen LogP contribution in [0.4, 0.5) is 5.69 Å². The van der Waals surface area contributed by atoms with Crippen LogP contribution in [0.5, 0.6) is 0 Å². The fraction of sp³-hybridized carbons (Fsp3) is 0.300. The molecule has 0 aromatic carbocycles. The monoisotopic (exact) mass is 178 g/mol. The molecule has 0 unspecified atom stereocenters. The Morgan fingerprint density at radius 3 is 2.54 bits per heavy atom. The summed E-state index contributed by atoms with van der Waals surface area (Å²) in [7, 11) is 0. The Balaban J connectivity index is 3.13. The van der Waals surface area contributed by atoms with Crippen molar-refractivity contribution >= 4 is 11.3 Å². The molecule has 0 saturated carbocycles. The Kier molecular flexibility index (Phi) is 2.90. The van der Waals surface area contributed by atoms with Crippen molar-refractivity contribution in [2.75, 3.05) is 5.73 Å². The normalized spacial score (nSPS) is 12.7. The molecule has 0 fully saturated rings. The lowest BCUT2D eigenvalue weighted by Gasteiger charge is -1.95. The van der Waals surface area contributed by atoms with E-state index >= 15 is 0 Å². The fourth-order valence-electron chi connectivity index (χ4n) is 1.08. The summed E-state index contributed by atoms with van der Waals surface area (Å²) in [5.41, 5.74) is 8.10. The van der Waals surface area contributed by atoms with Crippen LogP contribution in [0.3, 0.4) is 0 Å². The first-order valence-corrected chi connectivity index (χ1v) is 4.21. The van der Waals surface area contributed by atoms with Crippen molar-refractivity contribution in [2.45, 2.75) is 20.8 Å². The van der Waals surface area contributed by atoms with Crippen LogP contribution < -0.4 is 5.73 Å². The van der Waals surface area contributed by atoms with Gasteiger partial charge in [0.15, 0.2) is 5.76 Å². The molecule has 70 valence electrons. The highest BCUT2D eigenvalue weighted by Gasteiger charge is 2.10. The van der Waals surface area contributed by atoms with Gasteiger partial charge in [0.1, 0.15) is 11.4 Å². The third-order valence-electron chi connectivity index (χ3n) is 1.84. The number of aromatic nitrogens is 1. The predicted molar refractivity (Wildman–Crippen MR) is 54.1 cm³/mol. The zero-order valence-corrected chi connectivity index (χ0v) is 8.16. The van der Waals surface area contributed by atoms with Gasteiger partial charge in [-0.1, -0.05) is 23.4 Å². The van der Waals surface area contributed by atoms with E-state index in [1.54, 1.807) is 6.92 Å². The largest absolute Gasteiger partial charge is 0.394 e. The lowest BCUT2D eigenvalue weighted by Crippen LogP contribution is -1.90. The number of hydrogen-bond donors (Lipinski definition) is 1. The average Bonchev–Trinajstić information content (AvgIpc) is 2.45. The lowest BCUT2D eigenvalue weighted by molar-refractivity contribution is 0.396. The number of hydrogen-bond acceptors (Lipinski definition) is 3. The predicted octanol–water partition coefficient (Wildman–Crippen LogP) is 2.54. The minimum atomic E-state index is 0.617. The van der Waals surface area contributed by atoms with E-state index in [1.165, 1.54) is 0 Å². The molecule has 1 aromatic rings. The molecule has 3 heteroatoms. The molecule has 1 rings (SSSR count). The van der Waals surface area contributed by atoms with Gasteiger partial charge < -0.3 is 10.3 Å². The molecule has 1 aromatic heterocycles. The molecule has 0 aliphatic heterocycles. The van der Waals surface area contributed by atoms with Gasteiger partial charge >= 0.3 is 0 Å². The lowest BCUT2D eigenvalue weighted by atomic mass is 10.1. The Morgan fingerprint density at radius 1 is 1.46 bits per heavy atom. The van der Waals surface area contributed by atoms with Crippen molar-refractivity contribution in [3.05, 3.63) is 29.7 Å². The molecule has 1 heterocycles. The first-order chi connectivity index (χ1) is 6.20. The minimum absolute atomic E-state index is 0.617. The van der Waals surface area contributed by atoms with Crippen LogP contribution in [-0.2, 0) is 0 Å². The summed E-state index contributed by atoms with van der Waals surface area (Å²) in [6.45, 7) is 5.69. The Labute approximate surface area is 77.9 Å². The number of nitrogens with two attached hydrogens (primary N) is 1. The van der Waals surface area contributed by atoms with E-state index in [0.29, 0.717) is 11.4 Å². The smallest absolute Gasteiger partial charge is 0.157 e. The van der Waals surface area contributed by atoms with E-state index in [0.717, 1.165) is 11.3 Å². The van der Waals surface area contributed by atoms with Gasteiger partial charge in [-0.05, 0) is 20.8 Å². The Hall–Kier alpha value is -1.51. The van der Waals surface area contributed by atoms with Crippen molar-refractivity contribution in [3.63, 3.8) is 0 Å². The molecule has 0 spiro atoms. The van der Waals surface area contributed by atoms with Gasteiger partial charge in [0.05, 0.1) is 0 Å². The number of anilines is 1. The van der Waals surface area contributed by atoms with Gasteiger partial charge in [-0.15, -0.1) is 0 Å². The van der Waals surface area contributed by atoms with Crippen molar-refractivity contribution in [1.29, 1.82) is 0 Å². The summed E-state index contributed by atoms with van der Waals surface area (Å²) < 4.78 is 4.97. The molecule has 13 heavy (non-hydrogen) atoms. The SMILES string of the molecule is C/C=C\C(=C/C)c1noc(C)c1N. The zero-order valence-electron chi connectivity index (χ0n) is 8.16. The average molecular weight is 178 g/mol. The maximum absolute atomic E-state index is 5.78. The van der Waals surface area contributed by atoms with Crippen molar-refractivity contribution in [3.8, 4) is 0 Å². The van der Waals surface area contributed by atoms with Crippen LogP contribution >= 0.6 is 0 Å². The second-order valence-electron chi connectivity index (χ2n) is 2.75. The highest BCUT2D eigenvalue weighted by atomic mass is 16.5. The molecule has 3 nitrogen and oxygen atoms in total. The van der Waals surface area contributed by atoms with Gasteiger partial charge in [-0.3, -0.25) is 0 Å². The molecule has 0 saturated heterocycles. The van der Waals surface area contributed by atoms with Gasteiger partial charge in [0.2, 0.25) is 0 Å². The summed E-state index contributed by atoms with van der Waals surface area (Å²) in [6.07, 6.45) is 5.85. The third-order valence-corrected chi connectivity index (χ3v) is 1.84. The van der Waals surface area contributed by atoms with Gasteiger partial charge in [0, 0.05) is 5.57 Å². The fourth-order valence-corrected chi connectivity index (χ4v) is 1.08. The van der Waals surface area contributed by atoms with Crippen LogP contribution in [-0.4, -0.2) is 5.16 Å². The Bertz CT molecular complexity index is 348. The van der Waals surface area contributed by atoms with E-state index in [-0.39, 0.29) is 0 Å². The van der Waals surface area contributed by atoms with E-state index < -0.39 is 0 Å². The van der Waals surface area contributed by atoms with Crippen molar-refractivity contribution in [1.82, 2.24) is 5.16 Å². The van der Waals surface area contributed by atoms with E-state index in [2.05, 4.69) is 5.16 Å². The zero-order chi connectivity index (χ0) is 9.84. The second kappa shape index (κ2) is 3.94. The Morgan fingerprint density at radius 2 is 2.15 bits per heavy atom. The van der Waals surface area contributed by atoms with E-state index in [1.807, 2.05) is 32.1 Å². The summed E-state index contributed by atoms with van der Waals surface area (Å²) in [5.74, 6) is 0.666. The molecule has 0 bridgehead atoms. The molecule has 0 aliphatic carbocycles. The summed E-state index contributed by atoms with van der Waals surface area (Å²) >= 11 is 0. The molecular formula is C10H14N2O. The van der Waals surface area contributed by atoms with Gasteiger partial charge in [0.25, 0.3) is 0 Å². The highest BCUT2D eigenvalue weighted by molar-refractivity contribution is 5.78. The first kappa shape index (κ1) is 9.58. The molecule has 0 radical (unpaired) electrons. The first-order valence-electron chi connectivity index (χ1n) is 4.21. The third kappa shape index (κ3) is 1.80. The molecule has 2 N–H and O–H groups in total. The molecule has 0 atom stereocenters. The topological polar surface area (TPSA) is 52.0 Å². The summed E-state index contributed by atoms with van der Waals surface area (Å²) in [5, 5.41) is 3.89. The van der Waals surface area contributed by atoms with Crippen LogP contribution in [0.1, 0.15) is 25.3 Å². The number of rotatable bonds is 2. The van der Waals surface area contributed by atoms with Crippen molar-refractivity contribution < 1.29 is 4.52 Å². The van der Waals surface area contributed by atoms with Crippen LogP contribution in [0.25, 0.3) is 5.57 Å². The summed E-state index contributed by atoms with van der Waals surface area (Å²) in [4.78, 5) is 0. The minimum Gasteiger partial charge on any atom is -0.394 e. The molecule has 0 amide bonds. The van der Waals surface area contributed by atoms with Crippen LogP contribution in [0, 0.1) is 6.92 Å². The summed E-state index contributed by atoms with van der Waals surface area (Å²) in [6, 6.07) is 0. The second-order valence-corrected chi connectivity index (χ2v) is 2.75. The van der Waals surface area contributed by atoms with E-state index in [9.17, 15) is 0 Å². The van der Waals surface area contributed by atoms with Crippen LogP contribution in [0.15, 0.2) is 22.8 Å². The van der Waals surface area contributed by atoms with Gasteiger partial charge in [-0.25, -0.2) is 0 Å². The maximum atomic E-state index is 5.78. The number of allylic oxidation sites excluding steroid dienone is 4. The number of aryl methyl sites for hydroxylation is 1. The number of nitrogen functional groups attached to an aromatic ring is 1.